The molecule has 0 atom stereocenters. The summed E-state index contributed by atoms with van der Waals surface area (Å²) in [6.45, 7) is 0.605. The Morgan fingerprint density at radius 2 is 2.19 bits per heavy atom. The van der Waals surface area contributed by atoms with Crippen LogP contribution in [0, 0.1) is 0 Å². The van der Waals surface area contributed by atoms with Crippen LogP contribution in [0.5, 0.6) is 0 Å². The maximum Gasteiger partial charge on any atom is 0.180 e. The summed E-state index contributed by atoms with van der Waals surface area (Å²) in [5.74, 6) is 0. The summed E-state index contributed by atoms with van der Waals surface area (Å²) < 4.78 is 0. The highest BCUT2D eigenvalue weighted by Crippen LogP contribution is 2.23. The lowest BCUT2D eigenvalue weighted by molar-refractivity contribution is 0.935. The van der Waals surface area contributed by atoms with Gasteiger partial charge in [-0.05, 0) is 12.6 Å². The average molecular weight is 213 g/mol. The van der Waals surface area contributed by atoms with Crippen LogP contribution in [0.3, 0.4) is 0 Å². The highest BCUT2D eigenvalue weighted by atomic mass is 14.9. The second-order valence-corrected chi connectivity index (χ2v) is 3.63. The highest BCUT2D eigenvalue weighted by molar-refractivity contribution is 6.03. The summed E-state index contributed by atoms with van der Waals surface area (Å²) >= 11 is 0. The Morgan fingerprint density at radius 1 is 1.25 bits per heavy atom. The molecule has 3 N–H and O–H groups in total. The Kier molecular flexibility index (Phi) is 2.04. The van der Waals surface area contributed by atoms with Crippen molar-refractivity contribution in [1.82, 2.24) is 19.9 Å². The summed E-state index contributed by atoms with van der Waals surface area (Å²) in [6, 6.07) is 1.98. The Morgan fingerprint density at radius 3 is 3.06 bits per heavy atom. The van der Waals surface area contributed by atoms with Crippen LogP contribution in [0.1, 0.15) is 5.69 Å². The minimum absolute atomic E-state index is 0.605. The zero-order valence-corrected chi connectivity index (χ0v) is 8.64. The molecule has 0 aromatic carbocycles. The van der Waals surface area contributed by atoms with Crippen LogP contribution in [-0.4, -0.2) is 26.5 Å². The van der Waals surface area contributed by atoms with E-state index >= 15 is 0 Å². The van der Waals surface area contributed by atoms with E-state index in [1.807, 2.05) is 18.5 Å². The van der Waals surface area contributed by atoms with Gasteiger partial charge < -0.3 is 10.7 Å². The molecule has 0 bridgehead atoms. The van der Waals surface area contributed by atoms with Gasteiger partial charge in [0.25, 0.3) is 0 Å². The van der Waals surface area contributed by atoms with Crippen LogP contribution >= 0.6 is 0 Å². The molecule has 0 amide bonds. The maximum absolute atomic E-state index is 5.60. The third-order valence-electron chi connectivity index (χ3n) is 2.65. The molecule has 5 heteroatoms. The van der Waals surface area contributed by atoms with E-state index < -0.39 is 0 Å². The molecule has 0 radical (unpaired) electrons. The molecule has 0 fully saturated rings. The van der Waals surface area contributed by atoms with Gasteiger partial charge in [0.05, 0.1) is 0 Å². The number of nitrogens with zero attached hydrogens (tertiary/aromatic N) is 3. The van der Waals surface area contributed by atoms with Crippen LogP contribution in [0.2, 0.25) is 0 Å². The van der Waals surface area contributed by atoms with Gasteiger partial charge in [-0.1, -0.05) is 0 Å². The first-order valence-corrected chi connectivity index (χ1v) is 5.16. The van der Waals surface area contributed by atoms with Crippen LogP contribution in [0.15, 0.2) is 24.8 Å². The molecule has 0 aliphatic carbocycles. The lowest BCUT2D eigenvalue weighted by Gasteiger charge is -2.05. The molecule has 0 aliphatic heterocycles. The minimum atomic E-state index is 0.605. The number of H-pyrrole nitrogens is 1. The van der Waals surface area contributed by atoms with E-state index in [-0.39, 0.29) is 0 Å². The maximum atomic E-state index is 5.60. The molecular formula is C11H11N5. The van der Waals surface area contributed by atoms with Gasteiger partial charge in [0.1, 0.15) is 11.8 Å². The smallest absolute Gasteiger partial charge is 0.180 e. The fourth-order valence-corrected chi connectivity index (χ4v) is 1.95. The van der Waals surface area contributed by atoms with Crippen molar-refractivity contribution in [2.24, 2.45) is 5.73 Å². The molecule has 3 heterocycles. The molecule has 0 saturated carbocycles. The first-order chi connectivity index (χ1) is 7.90. The number of hydrogen-bond donors (Lipinski definition) is 2. The summed E-state index contributed by atoms with van der Waals surface area (Å²) in [5.41, 5.74) is 8.22. The fourth-order valence-electron chi connectivity index (χ4n) is 1.95. The van der Waals surface area contributed by atoms with Crippen molar-refractivity contribution in [1.29, 1.82) is 0 Å². The first-order valence-electron chi connectivity index (χ1n) is 5.16. The lowest BCUT2D eigenvalue weighted by atomic mass is 10.1. The third-order valence-corrected chi connectivity index (χ3v) is 2.65. The molecule has 0 spiro atoms. The zero-order valence-electron chi connectivity index (χ0n) is 8.64. The van der Waals surface area contributed by atoms with Gasteiger partial charge in [0, 0.05) is 35.3 Å². The van der Waals surface area contributed by atoms with E-state index in [1.54, 1.807) is 0 Å². The molecule has 0 aliphatic rings. The fraction of sp³-hybridized carbons (Fsp3) is 0.182. The first kappa shape index (κ1) is 9.23. The van der Waals surface area contributed by atoms with Gasteiger partial charge >= 0.3 is 0 Å². The van der Waals surface area contributed by atoms with Gasteiger partial charge in [-0.15, -0.1) is 0 Å². The Balaban J connectivity index is 2.44. The van der Waals surface area contributed by atoms with E-state index in [2.05, 4.69) is 19.9 Å². The van der Waals surface area contributed by atoms with Crippen molar-refractivity contribution >= 4 is 21.9 Å². The largest absolute Gasteiger partial charge is 0.364 e. The molecule has 80 valence electrons. The Bertz CT molecular complexity index is 643. The number of imidazole rings is 1. The molecule has 3 rings (SSSR count). The zero-order chi connectivity index (χ0) is 11.0. The molecular weight excluding hydrogens is 202 g/mol. The standard InChI is InChI=1S/C11H11N5/c12-3-1-8-9-7(2-4-13-8)5-14-11-10(9)15-6-16-11/h2,4-6,13H,1,3,12H2. The molecule has 3 aromatic heterocycles. The molecule has 16 heavy (non-hydrogen) atoms. The van der Waals surface area contributed by atoms with E-state index in [0.29, 0.717) is 12.2 Å². The van der Waals surface area contributed by atoms with Crippen LogP contribution in [-0.2, 0) is 6.42 Å². The predicted molar refractivity (Wildman–Crippen MR) is 61.9 cm³/mol. The van der Waals surface area contributed by atoms with E-state index in [9.17, 15) is 0 Å². The van der Waals surface area contributed by atoms with Gasteiger partial charge in [-0.2, -0.15) is 0 Å². The van der Waals surface area contributed by atoms with Crippen molar-refractivity contribution in [3.05, 3.63) is 30.5 Å². The van der Waals surface area contributed by atoms with Crippen molar-refractivity contribution in [3.63, 3.8) is 0 Å². The van der Waals surface area contributed by atoms with E-state index in [1.165, 1.54) is 6.33 Å². The number of aromatic nitrogens is 4. The SMILES string of the molecule is NCCc1[nH]ccc2cnc3ncnc3c12. The van der Waals surface area contributed by atoms with E-state index in [4.69, 9.17) is 5.73 Å². The van der Waals surface area contributed by atoms with Crippen molar-refractivity contribution in [3.8, 4) is 0 Å². The predicted octanol–water partition coefficient (Wildman–Crippen LogP) is 1.01. The van der Waals surface area contributed by atoms with Gasteiger partial charge in [-0.3, -0.25) is 0 Å². The van der Waals surface area contributed by atoms with Crippen molar-refractivity contribution in [2.75, 3.05) is 6.54 Å². The number of rotatable bonds is 2. The second kappa shape index (κ2) is 3.53. The summed E-state index contributed by atoms with van der Waals surface area (Å²) in [6.07, 6.45) is 6.05. The number of nitrogens with one attached hydrogen (secondary N) is 1. The molecule has 0 unspecified atom stereocenters. The normalized spacial score (nSPS) is 11.3. The molecule has 0 saturated heterocycles. The number of nitrogens with two attached hydrogens (primary N) is 1. The van der Waals surface area contributed by atoms with Crippen molar-refractivity contribution in [2.45, 2.75) is 6.42 Å². The molecule has 5 nitrogen and oxygen atoms in total. The third kappa shape index (κ3) is 1.25. The second-order valence-electron chi connectivity index (χ2n) is 3.63. The van der Waals surface area contributed by atoms with Crippen LogP contribution in [0.25, 0.3) is 21.9 Å². The quantitative estimate of drug-likeness (QED) is 0.665. The van der Waals surface area contributed by atoms with Gasteiger partial charge in [-0.25, -0.2) is 15.0 Å². The number of fused-ring (bicyclic) bond motifs is 3. The van der Waals surface area contributed by atoms with E-state index in [0.717, 1.165) is 28.4 Å². The number of aromatic amines is 1. The summed E-state index contributed by atoms with van der Waals surface area (Å²) in [4.78, 5) is 15.8. The average Bonchev–Trinajstić information content (AvgIpc) is 2.77. The summed E-state index contributed by atoms with van der Waals surface area (Å²) in [5, 5.41) is 2.14. The highest BCUT2D eigenvalue weighted by Gasteiger charge is 2.08. The lowest BCUT2D eigenvalue weighted by Crippen LogP contribution is -2.05. The van der Waals surface area contributed by atoms with Crippen molar-refractivity contribution < 1.29 is 0 Å². The number of hydrogen-bond acceptors (Lipinski definition) is 4. The topological polar surface area (TPSA) is 80.5 Å². The van der Waals surface area contributed by atoms with Crippen LogP contribution in [0.4, 0.5) is 0 Å². The van der Waals surface area contributed by atoms with Gasteiger partial charge in [0.2, 0.25) is 0 Å². The molecule has 3 aromatic rings. The Hall–Kier alpha value is -2.01. The number of pyridine rings is 2. The monoisotopic (exact) mass is 213 g/mol. The minimum Gasteiger partial charge on any atom is -0.364 e. The van der Waals surface area contributed by atoms with Gasteiger partial charge in [0.15, 0.2) is 5.65 Å². The van der Waals surface area contributed by atoms with Crippen LogP contribution < -0.4 is 5.73 Å². The Labute approximate surface area is 91.7 Å². The summed E-state index contributed by atoms with van der Waals surface area (Å²) in [7, 11) is 0.